The molecule has 6 heteroatoms. The summed E-state index contributed by atoms with van der Waals surface area (Å²) in [5, 5.41) is 0. The number of benzene rings is 1. The van der Waals surface area contributed by atoms with Crippen LogP contribution in [0, 0.1) is 0 Å². The number of nitrogen functional groups attached to an aromatic ring is 1. The molecule has 0 spiro atoms. The molecule has 2 amide bonds. The number of hydrogen-bond donors (Lipinski definition) is 3. The number of amides is 2. The van der Waals surface area contributed by atoms with Crippen LogP contribution in [-0.4, -0.2) is 11.8 Å². The minimum Gasteiger partial charge on any atom is -0.399 e. The fourth-order valence-corrected chi connectivity index (χ4v) is 0.936. The molecule has 76 valence electrons. The summed E-state index contributed by atoms with van der Waals surface area (Å²) < 4.78 is 0. The lowest BCUT2D eigenvalue weighted by Gasteiger charge is -2.01. The average Bonchev–Trinajstić information content (AvgIpc) is 2.03. The zero-order chi connectivity index (χ0) is 10.0. The summed E-state index contributed by atoms with van der Waals surface area (Å²) in [5.41, 5.74) is 16.1. The molecule has 1 aromatic rings. The Morgan fingerprint density at radius 3 is 1.57 bits per heavy atom. The molecule has 0 radical (unpaired) electrons. The summed E-state index contributed by atoms with van der Waals surface area (Å²) in [6.45, 7) is 0. The van der Waals surface area contributed by atoms with E-state index in [1.54, 1.807) is 0 Å². The molecule has 1 aromatic carbocycles. The highest BCUT2D eigenvalue weighted by molar-refractivity contribution is 5.99. The molecule has 0 aromatic heterocycles. The van der Waals surface area contributed by atoms with Crippen molar-refractivity contribution >= 4 is 29.9 Å². The van der Waals surface area contributed by atoms with Crippen molar-refractivity contribution in [3.8, 4) is 0 Å². The summed E-state index contributed by atoms with van der Waals surface area (Å²) in [7, 11) is 0. The van der Waals surface area contributed by atoms with Gasteiger partial charge in [0.05, 0.1) is 0 Å². The van der Waals surface area contributed by atoms with Gasteiger partial charge in [0.15, 0.2) is 0 Å². The maximum atomic E-state index is 10.7. The lowest BCUT2D eigenvalue weighted by Crippen LogP contribution is -2.16. The number of nitrogens with two attached hydrogens (primary N) is 3. The van der Waals surface area contributed by atoms with Crippen LogP contribution in [0.15, 0.2) is 18.2 Å². The van der Waals surface area contributed by atoms with Crippen molar-refractivity contribution in [2.75, 3.05) is 5.73 Å². The summed E-state index contributed by atoms with van der Waals surface area (Å²) in [6.07, 6.45) is 0. The van der Waals surface area contributed by atoms with Crippen molar-refractivity contribution in [1.29, 1.82) is 0 Å². The van der Waals surface area contributed by atoms with E-state index in [2.05, 4.69) is 0 Å². The Labute approximate surface area is 86.7 Å². The molecule has 0 aliphatic carbocycles. The monoisotopic (exact) mass is 215 g/mol. The molecule has 0 atom stereocenters. The molecule has 0 unspecified atom stereocenters. The molecule has 1 rings (SSSR count). The zero-order valence-electron chi connectivity index (χ0n) is 7.19. The van der Waals surface area contributed by atoms with Gasteiger partial charge in [-0.1, -0.05) is 0 Å². The first kappa shape index (κ1) is 12.2. The van der Waals surface area contributed by atoms with Gasteiger partial charge in [-0.05, 0) is 18.2 Å². The first-order valence-corrected chi connectivity index (χ1v) is 3.51. The van der Waals surface area contributed by atoms with Crippen LogP contribution in [0.2, 0.25) is 0 Å². The molecule has 0 fully saturated rings. The van der Waals surface area contributed by atoms with Crippen molar-refractivity contribution in [1.82, 2.24) is 0 Å². The molecule has 5 nitrogen and oxygen atoms in total. The van der Waals surface area contributed by atoms with Gasteiger partial charge in [-0.3, -0.25) is 9.59 Å². The maximum Gasteiger partial charge on any atom is 0.248 e. The third-order valence-corrected chi connectivity index (χ3v) is 1.52. The largest absolute Gasteiger partial charge is 0.399 e. The quantitative estimate of drug-likeness (QED) is 0.598. The number of hydrogen-bond acceptors (Lipinski definition) is 3. The van der Waals surface area contributed by atoms with Gasteiger partial charge in [0.2, 0.25) is 11.8 Å². The van der Waals surface area contributed by atoms with Gasteiger partial charge >= 0.3 is 0 Å². The van der Waals surface area contributed by atoms with E-state index in [1.165, 1.54) is 18.2 Å². The number of halogens is 1. The molecule has 0 aliphatic heterocycles. The predicted octanol–water partition coefficient (Wildman–Crippen LogP) is -0.112. The van der Waals surface area contributed by atoms with Crippen molar-refractivity contribution in [3.05, 3.63) is 29.3 Å². The second kappa shape index (κ2) is 4.48. The molecular formula is C8H10ClN3O2. The van der Waals surface area contributed by atoms with Crippen molar-refractivity contribution < 1.29 is 9.59 Å². The fraction of sp³-hybridized carbons (Fsp3) is 0. The molecular weight excluding hydrogens is 206 g/mol. The maximum absolute atomic E-state index is 10.7. The second-order valence-electron chi connectivity index (χ2n) is 2.57. The van der Waals surface area contributed by atoms with Gasteiger partial charge in [-0.25, -0.2) is 0 Å². The van der Waals surface area contributed by atoms with Crippen LogP contribution in [0.4, 0.5) is 5.69 Å². The Hall–Kier alpha value is -1.75. The van der Waals surface area contributed by atoms with Crippen LogP contribution >= 0.6 is 12.4 Å². The van der Waals surface area contributed by atoms with Crippen LogP contribution in [0.25, 0.3) is 0 Å². The SMILES string of the molecule is Cl.NC(=O)c1cc(N)cc(C(N)=O)c1. The third-order valence-electron chi connectivity index (χ3n) is 1.52. The Morgan fingerprint density at radius 2 is 1.29 bits per heavy atom. The van der Waals surface area contributed by atoms with Crippen LogP contribution in [0.3, 0.4) is 0 Å². The van der Waals surface area contributed by atoms with Crippen LogP contribution in [0.1, 0.15) is 20.7 Å². The summed E-state index contributed by atoms with van der Waals surface area (Å²) >= 11 is 0. The van der Waals surface area contributed by atoms with Gasteiger partial charge in [0.1, 0.15) is 0 Å². The van der Waals surface area contributed by atoms with Crippen molar-refractivity contribution in [2.45, 2.75) is 0 Å². The number of carbonyl (C=O) groups excluding carboxylic acids is 2. The molecule has 14 heavy (non-hydrogen) atoms. The normalized spacial score (nSPS) is 8.86. The molecule has 0 aliphatic rings. The first-order chi connectivity index (χ1) is 6.00. The van der Waals surface area contributed by atoms with Gasteiger partial charge in [-0.2, -0.15) is 0 Å². The average molecular weight is 216 g/mol. The zero-order valence-corrected chi connectivity index (χ0v) is 8.01. The number of rotatable bonds is 2. The Bertz CT molecular complexity index is 347. The Kier molecular flexibility index (Phi) is 3.92. The lowest BCUT2D eigenvalue weighted by molar-refractivity contribution is 0.0999. The minimum atomic E-state index is -0.644. The number of anilines is 1. The smallest absolute Gasteiger partial charge is 0.248 e. The van der Waals surface area contributed by atoms with E-state index in [4.69, 9.17) is 17.2 Å². The number of primary amides is 2. The third kappa shape index (κ3) is 2.63. The summed E-state index contributed by atoms with van der Waals surface area (Å²) in [4.78, 5) is 21.5. The van der Waals surface area contributed by atoms with E-state index in [0.717, 1.165) is 0 Å². The standard InChI is InChI=1S/C8H9N3O2.ClH/c9-6-2-4(7(10)12)1-5(3-6)8(11)13;/h1-3H,9H2,(H2,10,12)(H2,11,13);1H. The van der Waals surface area contributed by atoms with Gasteiger partial charge in [0, 0.05) is 16.8 Å². The van der Waals surface area contributed by atoms with Crippen LogP contribution in [-0.2, 0) is 0 Å². The first-order valence-electron chi connectivity index (χ1n) is 3.51. The topological polar surface area (TPSA) is 112 Å². The minimum absolute atomic E-state index is 0. The lowest BCUT2D eigenvalue weighted by atomic mass is 10.1. The Morgan fingerprint density at radius 1 is 0.929 bits per heavy atom. The van der Waals surface area contributed by atoms with Crippen LogP contribution < -0.4 is 17.2 Å². The van der Waals surface area contributed by atoms with E-state index >= 15 is 0 Å². The van der Waals surface area contributed by atoms with Crippen molar-refractivity contribution in [2.24, 2.45) is 11.5 Å². The van der Waals surface area contributed by atoms with E-state index in [1.807, 2.05) is 0 Å². The second-order valence-corrected chi connectivity index (χ2v) is 2.57. The predicted molar refractivity (Wildman–Crippen MR) is 55.1 cm³/mol. The van der Waals surface area contributed by atoms with E-state index in [0.29, 0.717) is 0 Å². The van der Waals surface area contributed by atoms with Gasteiger partial charge in [0.25, 0.3) is 0 Å². The molecule has 6 N–H and O–H groups in total. The molecule has 0 bridgehead atoms. The highest BCUT2D eigenvalue weighted by Crippen LogP contribution is 2.10. The van der Waals surface area contributed by atoms with E-state index in [-0.39, 0.29) is 29.2 Å². The van der Waals surface area contributed by atoms with Crippen molar-refractivity contribution in [3.63, 3.8) is 0 Å². The fourth-order valence-electron chi connectivity index (χ4n) is 0.936. The van der Waals surface area contributed by atoms with Gasteiger partial charge in [-0.15, -0.1) is 12.4 Å². The van der Waals surface area contributed by atoms with E-state index < -0.39 is 11.8 Å². The highest BCUT2D eigenvalue weighted by Gasteiger charge is 2.06. The van der Waals surface area contributed by atoms with Crippen LogP contribution in [0.5, 0.6) is 0 Å². The summed E-state index contributed by atoms with van der Waals surface area (Å²) in [6, 6.07) is 4.07. The highest BCUT2D eigenvalue weighted by atomic mass is 35.5. The Balaban J connectivity index is 0.00000169. The molecule has 0 saturated heterocycles. The summed E-state index contributed by atoms with van der Waals surface area (Å²) in [5.74, 6) is -1.29. The molecule has 0 heterocycles. The molecule has 0 saturated carbocycles. The van der Waals surface area contributed by atoms with E-state index in [9.17, 15) is 9.59 Å². The van der Waals surface area contributed by atoms with Gasteiger partial charge < -0.3 is 17.2 Å². The number of carbonyl (C=O) groups is 2.